The minimum atomic E-state index is -0.0857. The molecule has 2 aromatic carbocycles. The zero-order chi connectivity index (χ0) is 15.8. The average Bonchev–Trinajstić information content (AvgIpc) is 3.41. The van der Waals surface area contributed by atoms with Gasteiger partial charge < -0.3 is 4.90 Å². The third-order valence-electron chi connectivity index (χ3n) is 4.84. The predicted molar refractivity (Wildman–Crippen MR) is 89.6 cm³/mol. The third-order valence-corrected chi connectivity index (χ3v) is 4.84. The summed E-state index contributed by atoms with van der Waals surface area (Å²) < 4.78 is 0. The fourth-order valence-electron chi connectivity index (χ4n) is 3.52. The van der Waals surface area contributed by atoms with E-state index >= 15 is 0 Å². The van der Waals surface area contributed by atoms with E-state index in [1.165, 1.54) is 0 Å². The highest BCUT2D eigenvalue weighted by Gasteiger charge is 2.41. The van der Waals surface area contributed by atoms with Gasteiger partial charge in [-0.1, -0.05) is 42.5 Å². The predicted octanol–water partition coefficient (Wildman–Crippen LogP) is 3.80. The molecule has 1 fully saturated rings. The van der Waals surface area contributed by atoms with Crippen LogP contribution in [0.5, 0.6) is 0 Å². The van der Waals surface area contributed by atoms with Gasteiger partial charge in [-0.2, -0.15) is 0 Å². The number of fused-ring (bicyclic) bond motifs is 1. The van der Waals surface area contributed by atoms with Crippen LogP contribution in [0, 0.1) is 5.92 Å². The van der Waals surface area contributed by atoms with Gasteiger partial charge in [0.1, 0.15) is 0 Å². The number of nitrogens with zero attached hydrogens (tertiary/aromatic N) is 1. The summed E-state index contributed by atoms with van der Waals surface area (Å²) in [5.74, 6) is 0.623. The minimum Gasteiger partial charge on any atom is -0.311 e. The van der Waals surface area contributed by atoms with E-state index in [1.807, 2.05) is 59.5 Å². The van der Waals surface area contributed by atoms with Crippen molar-refractivity contribution in [2.24, 2.45) is 5.92 Å². The van der Waals surface area contributed by atoms with Crippen LogP contribution < -0.4 is 4.90 Å². The van der Waals surface area contributed by atoms with Gasteiger partial charge in [-0.25, -0.2) is 0 Å². The van der Waals surface area contributed by atoms with Crippen molar-refractivity contribution >= 4 is 17.4 Å². The summed E-state index contributed by atoms with van der Waals surface area (Å²) in [7, 11) is 0. The quantitative estimate of drug-likeness (QED) is 0.865. The Bertz CT molecular complexity index is 749. The lowest BCUT2D eigenvalue weighted by Gasteiger charge is -2.32. The molecule has 0 spiro atoms. The molecule has 0 bridgehead atoms. The van der Waals surface area contributed by atoms with Gasteiger partial charge in [0.2, 0.25) is 5.91 Å². The smallest absolute Gasteiger partial charge is 0.234 e. The molecular weight excluding hydrogens is 286 g/mol. The summed E-state index contributed by atoms with van der Waals surface area (Å²) in [5.41, 5.74) is 2.54. The van der Waals surface area contributed by atoms with Crippen molar-refractivity contribution in [2.75, 3.05) is 11.4 Å². The Kier molecular flexibility index (Phi) is 3.49. The van der Waals surface area contributed by atoms with Gasteiger partial charge >= 0.3 is 0 Å². The number of ketones is 1. The molecule has 116 valence electrons. The number of benzene rings is 2. The highest BCUT2D eigenvalue weighted by atomic mass is 16.2. The molecule has 1 amide bonds. The largest absolute Gasteiger partial charge is 0.311 e. The molecule has 0 saturated heterocycles. The van der Waals surface area contributed by atoms with Crippen LogP contribution >= 0.6 is 0 Å². The number of anilines is 1. The van der Waals surface area contributed by atoms with Crippen LogP contribution in [0.25, 0.3) is 0 Å². The molecule has 0 aromatic heterocycles. The van der Waals surface area contributed by atoms with Gasteiger partial charge in [-0.15, -0.1) is 0 Å². The Morgan fingerprint density at radius 2 is 1.70 bits per heavy atom. The summed E-state index contributed by atoms with van der Waals surface area (Å²) in [6.07, 6.45) is 2.63. The van der Waals surface area contributed by atoms with E-state index in [4.69, 9.17) is 0 Å². The molecule has 1 saturated carbocycles. The van der Waals surface area contributed by atoms with Crippen molar-refractivity contribution in [3.63, 3.8) is 0 Å². The van der Waals surface area contributed by atoms with Gasteiger partial charge in [-0.3, -0.25) is 9.59 Å². The Balaban J connectivity index is 1.71. The van der Waals surface area contributed by atoms with Gasteiger partial charge in [0, 0.05) is 18.5 Å². The molecule has 1 aliphatic heterocycles. The van der Waals surface area contributed by atoms with Crippen LogP contribution in [0.3, 0.4) is 0 Å². The standard InChI is InChI=1S/C20H19NO2/c22-18-12-13-21(17-9-5-4-8-16(17)18)20(23)19(15-10-11-15)14-6-2-1-3-7-14/h1-9,15,19H,10-13H2. The van der Waals surface area contributed by atoms with Crippen molar-refractivity contribution in [3.05, 3.63) is 65.7 Å². The summed E-state index contributed by atoms with van der Waals surface area (Å²) in [6, 6.07) is 17.5. The Morgan fingerprint density at radius 3 is 2.43 bits per heavy atom. The molecule has 23 heavy (non-hydrogen) atoms. The molecule has 1 atom stereocenters. The lowest BCUT2D eigenvalue weighted by Crippen LogP contribution is -2.40. The Morgan fingerprint density at radius 1 is 1.00 bits per heavy atom. The number of carbonyl (C=O) groups is 2. The van der Waals surface area contributed by atoms with E-state index in [1.54, 1.807) is 0 Å². The zero-order valence-electron chi connectivity index (χ0n) is 12.9. The normalized spacial score (nSPS) is 18.4. The number of carbonyl (C=O) groups excluding carboxylic acids is 2. The topological polar surface area (TPSA) is 37.4 Å². The SMILES string of the molecule is O=C1CCN(C(=O)C(c2ccccc2)C2CC2)c2ccccc21. The van der Waals surface area contributed by atoms with Crippen LogP contribution in [0.2, 0.25) is 0 Å². The summed E-state index contributed by atoms with van der Waals surface area (Å²) in [4.78, 5) is 27.2. The van der Waals surface area contributed by atoms with Crippen molar-refractivity contribution in [1.82, 2.24) is 0 Å². The number of rotatable bonds is 3. The Hall–Kier alpha value is -2.42. The third kappa shape index (κ3) is 2.56. The molecule has 3 nitrogen and oxygen atoms in total. The zero-order valence-corrected chi connectivity index (χ0v) is 12.9. The van der Waals surface area contributed by atoms with E-state index in [2.05, 4.69) is 0 Å². The van der Waals surface area contributed by atoms with E-state index in [0.29, 0.717) is 24.4 Å². The fraction of sp³-hybridized carbons (Fsp3) is 0.300. The molecule has 1 heterocycles. The second-order valence-corrected chi connectivity index (χ2v) is 6.41. The lowest BCUT2D eigenvalue weighted by atomic mass is 9.91. The maximum absolute atomic E-state index is 13.3. The summed E-state index contributed by atoms with van der Waals surface area (Å²) >= 11 is 0. The van der Waals surface area contributed by atoms with Crippen LogP contribution in [-0.2, 0) is 4.79 Å². The van der Waals surface area contributed by atoms with Gasteiger partial charge in [0.15, 0.2) is 5.78 Å². The van der Waals surface area contributed by atoms with Crippen molar-refractivity contribution in [2.45, 2.75) is 25.2 Å². The highest BCUT2D eigenvalue weighted by Crippen LogP contribution is 2.44. The van der Waals surface area contributed by atoms with Crippen molar-refractivity contribution < 1.29 is 9.59 Å². The first-order valence-corrected chi connectivity index (χ1v) is 8.24. The van der Waals surface area contributed by atoms with Crippen LogP contribution in [0.1, 0.15) is 41.1 Å². The van der Waals surface area contributed by atoms with Crippen molar-refractivity contribution in [1.29, 1.82) is 0 Å². The van der Waals surface area contributed by atoms with E-state index < -0.39 is 0 Å². The first-order valence-electron chi connectivity index (χ1n) is 8.24. The fourth-order valence-corrected chi connectivity index (χ4v) is 3.52. The second kappa shape index (κ2) is 5.65. The highest BCUT2D eigenvalue weighted by molar-refractivity contribution is 6.10. The molecule has 1 aliphatic carbocycles. The first-order chi connectivity index (χ1) is 11.3. The first kappa shape index (κ1) is 14.2. The van der Waals surface area contributed by atoms with Crippen molar-refractivity contribution in [3.8, 4) is 0 Å². The van der Waals surface area contributed by atoms with E-state index in [0.717, 1.165) is 24.1 Å². The molecular formula is C20H19NO2. The van der Waals surface area contributed by atoms with E-state index in [9.17, 15) is 9.59 Å². The monoisotopic (exact) mass is 305 g/mol. The lowest BCUT2D eigenvalue weighted by molar-refractivity contribution is -0.120. The maximum atomic E-state index is 13.3. The number of hydrogen-bond donors (Lipinski definition) is 0. The average molecular weight is 305 g/mol. The Labute approximate surface area is 135 Å². The minimum absolute atomic E-state index is 0.0857. The molecule has 3 heteroatoms. The number of Topliss-reactive ketones (excluding diaryl/α,β-unsaturated/α-hetero) is 1. The van der Waals surface area contributed by atoms with Gasteiger partial charge in [0.05, 0.1) is 11.6 Å². The number of hydrogen-bond acceptors (Lipinski definition) is 2. The van der Waals surface area contributed by atoms with Gasteiger partial charge in [-0.05, 0) is 36.5 Å². The number of para-hydroxylation sites is 1. The van der Waals surface area contributed by atoms with Crippen LogP contribution in [0.15, 0.2) is 54.6 Å². The molecule has 2 aliphatic rings. The maximum Gasteiger partial charge on any atom is 0.234 e. The number of amides is 1. The summed E-state index contributed by atoms with van der Waals surface area (Å²) in [5, 5.41) is 0. The van der Waals surface area contributed by atoms with Crippen LogP contribution in [-0.4, -0.2) is 18.2 Å². The molecule has 0 N–H and O–H groups in total. The second-order valence-electron chi connectivity index (χ2n) is 6.41. The molecule has 4 rings (SSSR count). The molecule has 2 aromatic rings. The summed E-state index contributed by atoms with van der Waals surface area (Å²) in [6.45, 7) is 0.491. The van der Waals surface area contributed by atoms with Gasteiger partial charge in [0.25, 0.3) is 0 Å². The van der Waals surface area contributed by atoms with E-state index in [-0.39, 0.29) is 17.6 Å². The van der Waals surface area contributed by atoms with Crippen LogP contribution in [0.4, 0.5) is 5.69 Å². The molecule has 1 unspecified atom stereocenters. The molecule has 0 radical (unpaired) electrons.